The molecule has 0 radical (unpaired) electrons. The van der Waals surface area contributed by atoms with Gasteiger partial charge in [-0.15, -0.1) is 0 Å². The molecule has 0 fully saturated rings. The SMILES string of the molecule is CN(c1ccccn1)c1ccc([N+](=O)[O-])c(Nc2ccc3cn[nH]c3c2)n1. The fraction of sp³-hybridized carbons (Fsp3) is 0.0556. The van der Waals surface area contributed by atoms with Gasteiger partial charge in [-0.3, -0.25) is 15.2 Å². The molecule has 4 aromatic rings. The van der Waals surface area contributed by atoms with Gasteiger partial charge in [-0.1, -0.05) is 6.07 Å². The van der Waals surface area contributed by atoms with E-state index in [1.54, 1.807) is 30.4 Å². The average Bonchev–Trinajstić information content (AvgIpc) is 3.15. The fourth-order valence-electron chi connectivity index (χ4n) is 2.69. The first-order valence-electron chi connectivity index (χ1n) is 8.12. The van der Waals surface area contributed by atoms with Crippen LogP contribution in [0.4, 0.5) is 28.8 Å². The van der Waals surface area contributed by atoms with Gasteiger partial charge in [0, 0.05) is 30.4 Å². The Morgan fingerprint density at radius 1 is 1.15 bits per heavy atom. The van der Waals surface area contributed by atoms with E-state index >= 15 is 0 Å². The second-order valence-electron chi connectivity index (χ2n) is 5.84. The molecule has 0 amide bonds. The number of hydrogen-bond acceptors (Lipinski definition) is 7. The third-order valence-corrected chi connectivity index (χ3v) is 4.10. The van der Waals surface area contributed by atoms with Gasteiger partial charge in [0.05, 0.1) is 16.6 Å². The molecule has 0 saturated carbocycles. The standard InChI is InChI=1S/C18H15N7O2/c1-24(16-4-2-3-9-19-16)17-8-7-15(25(26)27)18(22-17)21-13-6-5-12-11-20-23-14(12)10-13/h2-11H,1H3,(H,20,23)(H,21,22). The Bertz CT molecular complexity index is 1110. The van der Waals surface area contributed by atoms with E-state index in [0.29, 0.717) is 17.3 Å². The monoisotopic (exact) mass is 361 g/mol. The van der Waals surface area contributed by atoms with E-state index in [2.05, 4.69) is 25.5 Å². The topological polar surface area (TPSA) is 113 Å². The Balaban J connectivity index is 1.72. The van der Waals surface area contributed by atoms with Crippen molar-refractivity contribution in [3.63, 3.8) is 0 Å². The highest BCUT2D eigenvalue weighted by Crippen LogP contribution is 2.30. The highest BCUT2D eigenvalue weighted by Gasteiger charge is 2.18. The summed E-state index contributed by atoms with van der Waals surface area (Å²) in [6, 6.07) is 14.1. The molecule has 0 bridgehead atoms. The van der Waals surface area contributed by atoms with Crippen LogP contribution < -0.4 is 10.2 Å². The first-order valence-corrected chi connectivity index (χ1v) is 8.12. The predicted molar refractivity (Wildman–Crippen MR) is 103 cm³/mol. The van der Waals surface area contributed by atoms with Crippen LogP contribution in [0.2, 0.25) is 0 Å². The van der Waals surface area contributed by atoms with Gasteiger partial charge in [-0.2, -0.15) is 5.10 Å². The van der Waals surface area contributed by atoms with Crippen molar-refractivity contribution in [3.8, 4) is 0 Å². The number of nitro groups is 1. The van der Waals surface area contributed by atoms with Crippen molar-refractivity contribution >= 4 is 39.7 Å². The molecule has 27 heavy (non-hydrogen) atoms. The Morgan fingerprint density at radius 2 is 2.04 bits per heavy atom. The maximum Gasteiger partial charge on any atom is 0.311 e. The highest BCUT2D eigenvalue weighted by atomic mass is 16.6. The van der Waals surface area contributed by atoms with E-state index in [1.165, 1.54) is 6.07 Å². The Hall–Kier alpha value is -4.01. The second-order valence-corrected chi connectivity index (χ2v) is 5.84. The molecule has 1 aromatic carbocycles. The third-order valence-electron chi connectivity index (χ3n) is 4.10. The average molecular weight is 361 g/mol. The van der Waals surface area contributed by atoms with E-state index in [4.69, 9.17) is 0 Å². The Morgan fingerprint density at radius 3 is 2.81 bits per heavy atom. The van der Waals surface area contributed by atoms with Crippen LogP contribution in [0.3, 0.4) is 0 Å². The molecule has 0 aliphatic carbocycles. The van der Waals surface area contributed by atoms with Crippen molar-refractivity contribution in [2.75, 3.05) is 17.3 Å². The van der Waals surface area contributed by atoms with Crippen LogP contribution in [-0.4, -0.2) is 32.1 Å². The van der Waals surface area contributed by atoms with Crippen molar-refractivity contribution < 1.29 is 4.92 Å². The summed E-state index contributed by atoms with van der Waals surface area (Å²) >= 11 is 0. The summed E-state index contributed by atoms with van der Waals surface area (Å²) in [5, 5.41) is 22.3. The minimum atomic E-state index is -0.464. The van der Waals surface area contributed by atoms with E-state index in [0.717, 1.165) is 10.9 Å². The van der Waals surface area contributed by atoms with Crippen LogP contribution in [0.25, 0.3) is 10.9 Å². The molecule has 2 N–H and O–H groups in total. The lowest BCUT2D eigenvalue weighted by atomic mass is 10.2. The van der Waals surface area contributed by atoms with Gasteiger partial charge in [0.2, 0.25) is 5.82 Å². The summed E-state index contributed by atoms with van der Waals surface area (Å²) in [6.45, 7) is 0. The van der Waals surface area contributed by atoms with Crippen LogP contribution >= 0.6 is 0 Å². The van der Waals surface area contributed by atoms with E-state index in [-0.39, 0.29) is 11.5 Å². The number of fused-ring (bicyclic) bond motifs is 1. The largest absolute Gasteiger partial charge is 0.334 e. The zero-order valence-corrected chi connectivity index (χ0v) is 14.3. The molecule has 134 valence electrons. The number of nitrogens with zero attached hydrogens (tertiary/aromatic N) is 5. The molecule has 0 unspecified atom stereocenters. The maximum atomic E-state index is 11.4. The maximum absolute atomic E-state index is 11.4. The smallest absolute Gasteiger partial charge is 0.311 e. The van der Waals surface area contributed by atoms with Gasteiger partial charge in [0.1, 0.15) is 11.6 Å². The number of benzene rings is 1. The summed E-state index contributed by atoms with van der Waals surface area (Å²) in [7, 11) is 1.80. The van der Waals surface area contributed by atoms with Crippen LogP contribution in [-0.2, 0) is 0 Å². The lowest BCUT2D eigenvalue weighted by Crippen LogP contribution is -2.13. The normalized spacial score (nSPS) is 10.7. The summed E-state index contributed by atoms with van der Waals surface area (Å²) in [6.07, 6.45) is 3.39. The number of aromatic nitrogens is 4. The minimum absolute atomic E-state index is 0.113. The third kappa shape index (κ3) is 3.25. The lowest BCUT2D eigenvalue weighted by Gasteiger charge is -2.18. The summed E-state index contributed by atoms with van der Waals surface area (Å²) in [5.41, 5.74) is 1.38. The molecule has 0 atom stereocenters. The summed E-state index contributed by atoms with van der Waals surface area (Å²) in [5.74, 6) is 1.37. The van der Waals surface area contributed by atoms with Gasteiger partial charge in [-0.05, 0) is 36.4 Å². The van der Waals surface area contributed by atoms with Crippen molar-refractivity contribution in [2.24, 2.45) is 0 Å². The second kappa shape index (κ2) is 6.71. The van der Waals surface area contributed by atoms with Gasteiger partial charge >= 0.3 is 5.69 Å². The molecule has 3 heterocycles. The molecule has 0 aliphatic rings. The van der Waals surface area contributed by atoms with E-state index in [9.17, 15) is 10.1 Å². The number of hydrogen-bond donors (Lipinski definition) is 2. The Labute approximate surface area is 153 Å². The van der Waals surface area contributed by atoms with Crippen molar-refractivity contribution in [1.29, 1.82) is 0 Å². The van der Waals surface area contributed by atoms with E-state index in [1.807, 2.05) is 36.4 Å². The van der Waals surface area contributed by atoms with E-state index < -0.39 is 4.92 Å². The van der Waals surface area contributed by atoms with Crippen LogP contribution in [0.5, 0.6) is 0 Å². The number of anilines is 4. The van der Waals surface area contributed by atoms with Crippen LogP contribution in [0.1, 0.15) is 0 Å². The fourth-order valence-corrected chi connectivity index (χ4v) is 2.69. The molecule has 3 aromatic heterocycles. The molecule has 0 saturated heterocycles. The first kappa shape index (κ1) is 16.5. The van der Waals surface area contributed by atoms with Gasteiger partial charge in [0.25, 0.3) is 0 Å². The number of H-pyrrole nitrogens is 1. The quantitative estimate of drug-likeness (QED) is 0.411. The molecule has 9 nitrogen and oxygen atoms in total. The van der Waals surface area contributed by atoms with Gasteiger partial charge < -0.3 is 10.2 Å². The van der Waals surface area contributed by atoms with Crippen LogP contribution in [0.15, 0.2) is 60.9 Å². The number of aromatic amines is 1. The zero-order chi connectivity index (χ0) is 18.8. The van der Waals surface area contributed by atoms with Gasteiger partial charge in [-0.25, -0.2) is 9.97 Å². The highest BCUT2D eigenvalue weighted by molar-refractivity contribution is 5.83. The van der Waals surface area contributed by atoms with Crippen molar-refractivity contribution in [3.05, 3.63) is 71.0 Å². The molecule has 0 spiro atoms. The predicted octanol–water partition coefficient (Wildman–Crippen LogP) is 3.77. The minimum Gasteiger partial charge on any atom is -0.334 e. The molecule has 9 heteroatoms. The molecular formula is C18H15N7O2. The number of rotatable bonds is 5. The van der Waals surface area contributed by atoms with Crippen LogP contribution in [0, 0.1) is 10.1 Å². The Kier molecular flexibility index (Phi) is 4.09. The first-order chi connectivity index (χ1) is 13.1. The van der Waals surface area contributed by atoms with Crippen molar-refractivity contribution in [2.45, 2.75) is 0 Å². The summed E-state index contributed by atoms with van der Waals surface area (Å²) < 4.78 is 0. The van der Waals surface area contributed by atoms with Crippen molar-refractivity contribution in [1.82, 2.24) is 20.2 Å². The lowest BCUT2D eigenvalue weighted by molar-refractivity contribution is -0.384. The summed E-state index contributed by atoms with van der Waals surface area (Å²) in [4.78, 5) is 21.4. The molecular weight excluding hydrogens is 346 g/mol. The zero-order valence-electron chi connectivity index (χ0n) is 14.3. The number of pyridine rings is 2. The molecule has 0 aliphatic heterocycles. The number of nitrogens with one attached hydrogen (secondary N) is 2. The molecule has 4 rings (SSSR count). The van der Waals surface area contributed by atoms with Gasteiger partial charge in [0.15, 0.2) is 0 Å².